The van der Waals surface area contributed by atoms with Gasteiger partial charge in [-0.2, -0.15) is 0 Å². The summed E-state index contributed by atoms with van der Waals surface area (Å²) in [5.41, 5.74) is 1.23. The van der Waals surface area contributed by atoms with E-state index in [2.05, 4.69) is 21.2 Å². The summed E-state index contributed by atoms with van der Waals surface area (Å²) >= 11 is 3.25. The van der Waals surface area contributed by atoms with Crippen LogP contribution in [0.1, 0.15) is 18.4 Å². The van der Waals surface area contributed by atoms with E-state index < -0.39 is 16.6 Å². The van der Waals surface area contributed by atoms with E-state index in [0.717, 1.165) is 5.56 Å². The fourth-order valence-electron chi connectivity index (χ4n) is 3.20. The number of likely N-dealkylation sites (tertiary alicyclic amines) is 1. The van der Waals surface area contributed by atoms with Crippen LogP contribution in [-0.2, 0) is 11.3 Å². The first-order valence-corrected chi connectivity index (χ1v) is 9.22. The highest BCUT2D eigenvalue weighted by Gasteiger charge is 2.39. The van der Waals surface area contributed by atoms with Gasteiger partial charge in [0.25, 0.3) is 0 Å². The molecule has 0 saturated carbocycles. The van der Waals surface area contributed by atoms with Gasteiger partial charge in [-0.15, -0.1) is 0 Å². The van der Waals surface area contributed by atoms with Crippen molar-refractivity contribution in [3.05, 3.63) is 57.7 Å². The number of nitrogens with zero attached hydrogens (tertiary/aromatic N) is 1. The number of halogens is 1. The average Bonchev–Trinajstić information content (AvgIpc) is 2.63. The Morgan fingerprint density at radius 3 is 2.73 bits per heavy atom. The smallest absolute Gasteiger partial charge is 0.336 e. The van der Waals surface area contributed by atoms with Crippen molar-refractivity contribution in [1.29, 1.82) is 0 Å². The van der Waals surface area contributed by atoms with Gasteiger partial charge >= 0.3 is 5.91 Å². The van der Waals surface area contributed by atoms with Gasteiger partial charge in [-0.1, -0.05) is 6.07 Å². The number of hydrogen-bond acceptors (Lipinski definition) is 5. The zero-order valence-corrected chi connectivity index (χ0v) is 16.0. The Morgan fingerprint density at radius 1 is 1.31 bits per heavy atom. The van der Waals surface area contributed by atoms with Crippen LogP contribution >= 0.6 is 15.9 Å². The van der Waals surface area contributed by atoms with E-state index in [1.807, 2.05) is 0 Å². The number of amides is 1. The molecule has 7 heteroatoms. The predicted molar refractivity (Wildman–Crippen MR) is 103 cm³/mol. The molecule has 1 aliphatic rings. The third-order valence-electron chi connectivity index (χ3n) is 4.63. The molecule has 6 nitrogen and oxygen atoms in total. The first-order valence-electron chi connectivity index (χ1n) is 8.42. The summed E-state index contributed by atoms with van der Waals surface area (Å²) in [5, 5.41) is 26.3. The molecule has 2 N–H and O–H groups in total. The second kappa shape index (κ2) is 7.65. The number of piperidine rings is 1. The Kier molecular flexibility index (Phi) is 5.50. The molecular weight excluding hydrogens is 400 g/mol. The maximum Gasteiger partial charge on any atom is 0.336 e. The number of phenols is 1. The number of carbonyl (C=O) groups is 1. The van der Waals surface area contributed by atoms with Crippen LogP contribution < -0.4 is 10.1 Å². The lowest BCUT2D eigenvalue weighted by molar-refractivity contribution is -0.822. The number of carbonyl (C=O) groups excluding carboxylic acids is 1. The number of phenolic OH excluding ortho intramolecular Hbond substituents is 1. The van der Waals surface area contributed by atoms with Crippen LogP contribution in [0.15, 0.2) is 46.9 Å². The lowest BCUT2D eigenvalue weighted by Crippen LogP contribution is -2.57. The summed E-state index contributed by atoms with van der Waals surface area (Å²) in [6, 6.07) is 11.7. The third-order valence-corrected chi connectivity index (χ3v) is 5.27. The average molecular weight is 421 g/mol. The van der Waals surface area contributed by atoms with Gasteiger partial charge in [-0.25, -0.2) is 4.79 Å². The first-order chi connectivity index (χ1) is 12.4. The lowest BCUT2D eigenvalue weighted by atomic mass is 10.0. The zero-order valence-electron chi connectivity index (χ0n) is 14.4. The van der Waals surface area contributed by atoms with E-state index in [4.69, 9.17) is 4.74 Å². The van der Waals surface area contributed by atoms with Crippen molar-refractivity contribution >= 4 is 27.5 Å². The number of aromatic hydroxyl groups is 1. The van der Waals surface area contributed by atoms with Gasteiger partial charge in [-0.05, 0) is 65.2 Å². The van der Waals surface area contributed by atoms with Gasteiger partial charge < -0.3 is 20.4 Å². The molecule has 1 amide bonds. The number of para-hydroxylation sites is 1. The number of methoxy groups -OCH3 is 1. The van der Waals surface area contributed by atoms with Gasteiger partial charge in [0.15, 0.2) is 5.75 Å². The normalized spacial score (nSPS) is 22.9. The SMILES string of the molecule is COc1ccc(C[N+]2([O-])CCCC(Nc3cccc(Br)c3O)C2=O)cc1. The number of benzene rings is 2. The van der Waals surface area contributed by atoms with Crippen molar-refractivity contribution < 1.29 is 19.3 Å². The summed E-state index contributed by atoms with van der Waals surface area (Å²) in [7, 11) is 1.58. The molecule has 0 aromatic heterocycles. The van der Waals surface area contributed by atoms with Crippen LogP contribution in [0, 0.1) is 5.21 Å². The summed E-state index contributed by atoms with van der Waals surface area (Å²) in [6.45, 7) is 0.346. The Labute approximate surface area is 160 Å². The predicted octanol–water partition coefficient (Wildman–Crippen LogP) is 3.78. The summed E-state index contributed by atoms with van der Waals surface area (Å²) in [4.78, 5) is 12.9. The van der Waals surface area contributed by atoms with Gasteiger partial charge in [-0.3, -0.25) is 4.65 Å². The van der Waals surface area contributed by atoms with E-state index in [-0.39, 0.29) is 18.8 Å². The highest BCUT2D eigenvalue weighted by molar-refractivity contribution is 9.10. The second-order valence-corrected chi connectivity index (χ2v) is 7.29. The summed E-state index contributed by atoms with van der Waals surface area (Å²) < 4.78 is 4.75. The van der Waals surface area contributed by atoms with Crippen molar-refractivity contribution in [3.63, 3.8) is 0 Å². The van der Waals surface area contributed by atoms with Crippen molar-refractivity contribution in [3.8, 4) is 11.5 Å². The fourth-order valence-corrected chi connectivity index (χ4v) is 3.57. The molecule has 3 rings (SSSR count). The van der Waals surface area contributed by atoms with Crippen LogP contribution in [0.4, 0.5) is 5.69 Å². The van der Waals surface area contributed by atoms with E-state index >= 15 is 0 Å². The molecule has 2 aromatic carbocycles. The fraction of sp³-hybridized carbons (Fsp3) is 0.316. The van der Waals surface area contributed by atoms with E-state index in [1.54, 1.807) is 49.6 Å². The molecule has 26 heavy (non-hydrogen) atoms. The highest BCUT2D eigenvalue weighted by atomic mass is 79.9. The molecule has 0 aliphatic carbocycles. The van der Waals surface area contributed by atoms with E-state index in [1.165, 1.54) is 0 Å². The minimum Gasteiger partial charge on any atom is -0.625 e. The van der Waals surface area contributed by atoms with Crippen molar-refractivity contribution in [2.24, 2.45) is 0 Å². The molecule has 2 aromatic rings. The minimum atomic E-state index is -0.904. The molecular formula is C19H21BrN2O4. The number of anilines is 1. The Bertz CT molecular complexity index is 797. The first kappa shape index (κ1) is 18.7. The van der Waals surface area contributed by atoms with E-state index in [9.17, 15) is 15.1 Å². The van der Waals surface area contributed by atoms with Gasteiger partial charge in [0.05, 0.1) is 23.8 Å². The standard InChI is InChI=1S/C19H21BrN2O4/c1-26-14-9-7-13(8-10-14)12-22(25)11-3-6-17(19(22)24)21-16-5-2-4-15(20)18(16)23/h2,4-5,7-10,17,21,23H,3,6,11-12H2,1H3. The molecule has 1 aliphatic heterocycles. The number of hydroxylamine groups is 3. The third kappa shape index (κ3) is 3.85. The number of hydrogen-bond donors (Lipinski definition) is 2. The van der Waals surface area contributed by atoms with Crippen molar-refractivity contribution in [2.45, 2.75) is 25.4 Å². The van der Waals surface area contributed by atoms with Crippen LogP contribution in [0.5, 0.6) is 11.5 Å². The minimum absolute atomic E-state index is 0.0324. The molecule has 0 bridgehead atoms. The Balaban J connectivity index is 1.76. The maximum atomic E-state index is 13.2. The molecule has 1 heterocycles. The summed E-state index contributed by atoms with van der Waals surface area (Å²) in [5.74, 6) is 0.331. The number of quaternary nitrogens is 1. The Hall–Kier alpha value is -2.09. The van der Waals surface area contributed by atoms with Crippen LogP contribution in [0.3, 0.4) is 0 Å². The molecule has 0 radical (unpaired) electrons. The summed E-state index contributed by atoms with van der Waals surface area (Å²) in [6.07, 6.45) is 1.20. The van der Waals surface area contributed by atoms with Crippen LogP contribution in [0.2, 0.25) is 0 Å². The molecule has 1 saturated heterocycles. The van der Waals surface area contributed by atoms with E-state index in [0.29, 0.717) is 28.8 Å². The molecule has 2 atom stereocenters. The number of ether oxygens (including phenoxy) is 1. The van der Waals surface area contributed by atoms with Crippen molar-refractivity contribution in [2.75, 3.05) is 19.0 Å². The number of nitrogens with one attached hydrogen (secondary N) is 1. The largest absolute Gasteiger partial charge is 0.625 e. The lowest BCUT2D eigenvalue weighted by Gasteiger charge is -2.45. The quantitative estimate of drug-likeness (QED) is 0.436. The van der Waals surface area contributed by atoms with Gasteiger partial charge in [0, 0.05) is 5.56 Å². The molecule has 0 spiro atoms. The maximum absolute atomic E-state index is 13.2. The highest BCUT2D eigenvalue weighted by Crippen LogP contribution is 2.34. The van der Waals surface area contributed by atoms with Crippen molar-refractivity contribution in [1.82, 2.24) is 0 Å². The topological polar surface area (TPSA) is 81.6 Å². The van der Waals surface area contributed by atoms with Crippen LogP contribution in [-0.4, -0.2) is 35.4 Å². The van der Waals surface area contributed by atoms with Crippen LogP contribution in [0.25, 0.3) is 0 Å². The van der Waals surface area contributed by atoms with Gasteiger partial charge in [0.1, 0.15) is 18.3 Å². The molecule has 2 unspecified atom stereocenters. The monoisotopic (exact) mass is 420 g/mol. The van der Waals surface area contributed by atoms with Gasteiger partial charge in [0.2, 0.25) is 0 Å². The second-order valence-electron chi connectivity index (χ2n) is 6.43. The molecule has 138 valence electrons. The Morgan fingerprint density at radius 2 is 2.04 bits per heavy atom. The zero-order chi connectivity index (χ0) is 18.7. The molecule has 1 fully saturated rings. The number of rotatable bonds is 5.